The number of nitro groups is 1. The van der Waals surface area contributed by atoms with Crippen LogP contribution in [0.3, 0.4) is 0 Å². The largest absolute Gasteiger partial charge is 0.467 e. The fraction of sp³-hybridized carbons (Fsp3) is 0.333. The van der Waals surface area contributed by atoms with Gasteiger partial charge in [-0.3, -0.25) is 10.1 Å². The summed E-state index contributed by atoms with van der Waals surface area (Å²) in [6.07, 6.45) is -2.80. The molecule has 0 radical (unpaired) electrons. The first kappa shape index (κ1) is 14.3. The van der Waals surface area contributed by atoms with E-state index in [-0.39, 0.29) is 5.02 Å². The van der Waals surface area contributed by atoms with Gasteiger partial charge in [-0.25, -0.2) is 9.78 Å². The molecule has 1 aromatic rings. The van der Waals surface area contributed by atoms with Crippen LogP contribution in [0.2, 0.25) is 5.02 Å². The van der Waals surface area contributed by atoms with E-state index in [2.05, 4.69) is 9.72 Å². The third-order valence-electron chi connectivity index (χ3n) is 2.08. The van der Waals surface area contributed by atoms with Crippen molar-refractivity contribution in [3.05, 3.63) is 33.1 Å². The second kappa shape index (κ2) is 5.71. The molecule has 18 heavy (non-hydrogen) atoms. The monoisotopic (exact) mass is 276 g/mol. The summed E-state index contributed by atoms with van der Waals surface area (Å²) in [7, 11) is 1.00. The molecule has 1 aromatic heterocycles. The molecule has 0 saturated heterocycles. The Labute approximate surface area is 106 Å². The number of hydrogen-bond acceptors (Lipinski definition) is 7. The van der Waals surface area contributed by atoms with Crippen LogP contribution < -0.4 is 0 Å². The smallest absolute Gasteiger partial charge is 0.337 e. The van der Waals surface area contributed by atoms with E-state index in [9.17, 15) is 25.1 Å². The zero-order chi connectivity index (χ0) is 13.9. The van der Waals surface area contributed by atoms with Crippen LogP contribution >= 0.6 is 11.6 Å². The molecule has 0 aliphatic rings. The molecule has 0 aliphatic heterocycles. The summed E-state index contributed by atoms with van der Waals surface area (Å²) in [5, 5.41) is 29.8. The molecule has 0 saturated carbocycles. The summed E-state index contributed by atoms with van der Waals surface area (Å²) < 4.78 is 4.21. The van der Waals surface area contributed by atoms with E-state index in [1.54, 1.807) is 0 Å². The molecule has 8 nitrogen and oxygen atoms in total. The average Bonchev–Trinajstić information content (AvgIpc) is 2.35. The van der Waals surface area contributed by atoms with Gasteiger partial charge in [0.2, 0.25) is 0 Å². The Morgan fingerprint density at radius 1 is 1.61 bits per heavy atom. The quantitative estimate of drug-likeness (QED) is 0.458. The number of aliphatic hydroxyl groups excluding tert-OH is 2. The topological polar surface area (TPSA) is 123 Å². The van der Waals surface area contributed by atoms with Gasteiger partial charge in [-0.2, -0.15) is 0 Å². The van der Waals surface area contributed by atoms with Crippen molar-refractivity contribution in [1.82, 2.24) is 4.98 Å². The molecule has 2 N–H and O–H groups in total. The molecule has 0 aliphatic carbocycles. The summed E-state index contributed by atoms with van der Waals surface area (Å²) in [6.45, 7) is 0. The minimum atomic E-state index is -1.97. The third-order valence-corrected chi connectivity index (χ3v) is 2.29. The van der Waals surface area contributed by atoms with Crippen LogP contribution in [0.25, 0.3) is 0 Å². The van der Waals surface area contributed by atoms with Gasteiger partial charge in [0.25, 0.3) is 5.69 Å². The highest BCUT2D eigenvalue weighted by Crippen LogP contribution is 2.27. The first-order valence-corrected chi connectivity index (χ1v) is 5.00. The normalized spacial score (nSPS) is 13.8. The number of rotatable bonds is 4. The van der Waals surface area contributed by atoms with Crippen LogP contribution in [0, 0.1) is 10.1 Å². The van der Waals surface area contributed by atoms with Gasteiger partial charge >= 0.3 is 5.97 Å². The lowest BCUT2D eigenvalue weighted by Crippen LogP contribution is -2.30. The van der Waals surface area contributed by atoms with Crippen molar-refractivity contribution in [2.45, 2.75) is 12.2 Å². The second-order valence-electron chi connectivity index (χ2n) is 3.23. The zero-order valence-corrected chi connectivity index (χ0v) is 9.87. The van der Waals surface area contributed by atoms with Crippen molar-refractivity contribution < 1.29 is 24.7 Å². The summed E-state index contributed by atoms with van der Waals surface area (Å²) in [4.78, 5) is 24.5. The lowest BCUT2D eigenvalue weighted by Gasteiger charge is -2.14. The van der Waals surface area contributed by atoms with E-state index in [1.165, 1.54) is 0 Å². The Kier molecular flexibility index (Phi) is 4.54. The number of carbonyl (C=O) groups excluding carboxylic acids is 1. The number of halogens is 1. The SMILES string of the molecule is COC(=O)C(O)C(O)c1ncc(Cl)cc1[N+](=O)[O-]. The predicted octanol–water partition coefficient (Wildman–Crippen LogP) is 0.210. The molecule has 1 rings (SSSR count). The highest BCUT2D eigenvalue weighted by molar-refractivity contribution is 6.30. The highest BCUT2D eigenvalue weighted by Gasteiger charge is 2.33. The lowest BCUT2D eigenvalue weighted by molar-refractivity contribution is -0.386. The maximum absolute atomic E-state index is 11.0. The molecule has 1 heterocycles. The van der Waals surface area contributed by atoms with Gasteiger partial charge in [-0.1, -0.05) is 11.6 Å². The second-order valence-corrected chi connectivity index (χ2v) is 3.66. The fourth-order valence-electron chi connectivity index (χ4n) is 1.21. The van der Waals surface area contributed by atoms with Crippen LogP contribution in [-0.4, -0.2) is 39.3 Å². The van der Waals surface area contributed by atoms with Crippen molar-refractivity contribution in [1.29, 1.82) is 0 Å². The van der Waals surface area contributed by atoms with Gasteiger partial charge in [0, 0.05) is 12.3 Å². The molecule has 0 bridgehead atoms. The summed E-state index contributed by atoms with van der Waals surface area (Å²) in [5.74, 6) is -1.13. The van der Waals surface area contributed by atoms with Gasteiger partial charge in [0.05, 0.1) is 17.1 Å². The van der Waals surface area contributed by atoms with Gasteiger partial charge in [-0.15, -0.1) is 0 Å². The molecule has 2 unspecified atom stereocenters. The molecule has 0 aromatic carbocycles. The summed E-state index contributed by atoms with van der Waals surface area (Å²) in [5.41, 5.74) is -1.07. The number of nitrogens with zero attached hydrogens (tertiary/aromatic N) is 2. The van der Waals surface area contributed by atoms with Crippen molar-refractivity contribution in [3.8, 4) is 0 Å². The maximum Gasteiger partial charge on any atom is 0.337 e. The Balaban J connectivity index is 3.16. The van der Waals surface area contributed by atoms with E-state index in [4.69, 9.17) is 11.6 Å². The number of aromatic nitrogens is 1. The van der Waals surface area contributed by atoms with E-state index in [0.717, 1.165) is 19.4 Å². The van der Waals surface area contributed by atoms with E-state index in [1.807, 2.05) is 0 Å². The fourth-order valence-corrected chi connectivity index (χ4v) is 1.36. The molecule has 0 amide bonds. The number of carbonyl (C=O) groups is 1. The van der Waals surface area contributed by atoms with Crippen molar-refractivity contribution in [2.24, 2.45) is 0 Å². The van der Waals surface area contributed by atoms with Crippen LogP contribution in [-0.2, 0) is 9.53 Å². The molecular formula is C9H9ClN2O6. The van der Waals surface area contributed by atoms with Crippen LogP contribution in [0.4, 0.5) is 5.69 Å². The van der Waals surface area contributed by atoms with Gasteiger partial charge in [0.15, 0.2) is 6.10 Å². The molecule has 98 valence electrons. The number of pyridine rings is 1. The van der Waals surface area contributed by atoms with Crippen molar-refractivity contribution in [3.63, 3.8) is 0 Å². The molecule has 2 atom stereocenters. The summed E-state index contributed by atoms with van der Waals surface area (Å²) in [6, 6.07) is 0.955. The Hall–Kier alpha value is -1.77. The van der Waals surface area contributed by atoms with E-state index in [0.29, 0.717) is 0 Å². The predicted molar refractivity (Wildman–Crippen MR) is 58.9 cm³/mol. The zero-order valence-electron chi connectivity index (χ0n) is 9.11. The summed E-state index contributed by atoms with van der Waals surface area (Å²) >= 11 is 5.53. The molecule has 0 fully saturated rings. The Bertz CT molecular complexity index is 480. The van der Waals surface area contributed by atoms with Crippen molar-refractivity contribution in [2.75, 3.05) is 7.11 Å². The average molecular weight is 277 g/mol. The Morgan fingerprint density at radius 3 is 2.72 bits per heavy atom. The Morgan fingerprint density at radius 2 is 2.22 bits per heavy atom. The first-order valence-electron chi connectivity index (χ1n) is 4.62. The number of hydrogen-bond donors (Lipinski definition) is 2. The molecule has 0 spiro atoms. The molecular weight excluding hydrogens is 268 g/mol. The standard InChI is InChI=1S/C9H9ClN2O6/c1-18-9(15)8(14)7(13)6-5(12(16)17)2-4(10)3-11-6/h2-3,7-8,13-14H,1H3. The van der Waals surface area contributed by atoms with Gasteiger partial charge in [0.1, 0.15) is 11.8 Å². The third kappa shape index (κ3) is 2.92. The number of aliphatic hydroxyl groups is 2. The van der Waals surface area contributed by atoms with Crippen molar-refractivity contribution >= 4 is 23.3 Å². The van der Waals surface area contributed by atoms with Crippen LogP contribution in [0.15, 0.2) is 12.3 Å². The van der Waals surface area contributed by atoms with Gasteiger partial charge < -0.3 is 14.9 Å². The van der Waals surface area contributed by atoms with E-state index < -0.39 is 34.5 Å². The highest BCUT2D eigenvalue weighted by atomic mass is 35.5. The van der Waals surface area contributed by atoms with E-state index >= 15 is 0 Å². The lowest BCUT2D eigenvalue weighted by atomic mass is 10.1. The minimum absolute atomic E-state index is 0.00907. The molecule has 9 heteroatoms. The first-order chi connectivity index (χ1) is 8.38. The number of esters is 1. The number of methoxy groups -OCH3 is 1. The van der Waals surface area contributed by atoms with Crippen LogP contribution in [0.1, 0.15) is 11.8 Å². The maximum atomic E-state index is 11.0. The van der Waals surface area contributed by atoms with Crippen LogP contribution in [0.5, 0.6) is 0 Å². The minimum Gasteiger partial charge on any atom is -0.467 e. The number of ether oxygens (including phenoxy) is 1. The van der Waals surface area contributed by atoms with Gasteiger partial charge in [-0.05, 0) is 0 Å².